The zero-order valence-electron chi connectivity index (χ0n) is 15.4. The van der Waals surface area contributed by atoms with Crippen LogP contribution in [-0.2, 0) is 9.63 Å². The van der Waals surface area contributed by atoms with Crippen LogP contribution in [0.25, 0.3) is 0 Å². The third-order valence-electron chi connectivity index (χ3n) is 4.48. The first-order valence-electron chi connectivity index (χ1n) is 9.10. The van der Waals surface area contributed by atoms with Crippen LogP contribution < -0.4 is 0 Å². The first-order chi connectivity index (χ1) is 14.2. The summed E-state index contributed by atoms with van der Waals surface area (Å²) in [5.74, 6) is 0.361. The zero-order chi connectivity index (χ0) is 20.1. The Labute approximate surface area is 173 Å². The van der Waals surface area contributed by atoms with E-state index in [0.29, 0.717) is 17.2 Å². The average molecular weight is 408 g/mol. The van der Waals surface area contributed by atoms with Gasteiger partial charge in [-0.1, -0.05) is 59.2 Å². The molecule has 3 aromatic rings. The molecule has 0 N–H and O–H groups in total. The standard InChI is InChI=1S/C22H18ClN3O3/c23-18-10-8-17(9-11-18)19-13-20(21-7-4-12-28-21)26(25-19)22(27)15-29-24-14-16-5-2-1-3-6-16/h1-12,14,20H,13,15H2/b24-14-/t20-/m1/s1. The van der Waals surface area contributed by atoms with Crippen molar-refractivity contribution in [1.29, 1.82) is 0 Å². The molecule has 1 amide bonds. The Morgan fingerprint density at radius 1 is 1.17 bits per heavy atom. The van der Waals surface area contributed by atoms with Gasteiger partial charge < -0.3 is 9.25 Å². The molecule has 1 atom stereocenters. The molecule has 0 bridgehead atoms. The fourth-order valence-corrected chi connectivity index (χ4v) is 3.18. The molecule has 2 heterocycles. The van der Waals surface area contributed by atoms with Gasteiger partial charge in [-0.25, -0.2) is 5.01 Å². The molecular formula is C22H18ClN3O3. The Morgan fingerprint density at radius 2 is 1.97 bits per heavy atom. The maximum atomic E-state index is 12.8. The minimum atomic E-state index is -0.329. The highest BCUT2D eigenvalue weighted by Gasteiger charge is 2.35. The molecule has 0 unspecified atom stereocenters. The number of halogens is 1. The quantitative estimate of drug-likeness (QED) is 0.440. The summed E-state index contributed by atoms with van der Waals surface area (Å²) in [4.78, 5) is 17.9. The van der Waals surface area contributed by atoms with Crippen molar-refractivity contribution in [3.8, 4) is 0 Å². The number of benzene rings is 2. The fraction of sp³-hybridized carbons (Fsp3) is 0.136. The molecule has 29 heavy (non-hydrogen) atoms. The highest BCUT2D eigenvalue weighted by Crippen LogP contribution is 2.33. The predicted octanol–water partition coefficient (Wildman–Crippen LogP) is 4.66. The minimum absolute atomic E-state index is 0.224. The lowest BCUT2D eigenvalue weighted by Gasteiger charge is -2.19. The summed E-state index contributed by atoms with van der Waals surface area (Å²) in [6.45, 7) is -0.224. The summed E-state index contributed by atoms with van der Waals surface area (Å²) < 4.78 is 5.53. The second-order valence-electron chi connectivity index (χ2n) is 6.45. The molecule has 7 heteroatoms. The van der Waals surface area contributed by atoms with Crippen molar-refractivity contribution in [3.63, 3.8) is 0 Å². The lowest BCUT2D eigenvalue weighted by molar-refractivity contribution is -0.138. The zero-order valence-corrected chi connectivity index (χ0v) is 16.2. The van der Waals surface area contributed by atoms with Crippen LogP contribution in [0, 0.1) is 0 Å². The van der Waals surface area contributed by atoms with Crippen LogP contribution >= 0.6 is 11.6 Å². The molecule has 2 aromatic carbocycles. The van der Waals surface area contributed by atoms with Gasteiger partial charge in [0.1, 0.15) is 11.8 Å². The number of hydrogen-bond donors (Lipinski definition) is 0. The minimum Gasteiger partial charge on any atom is -0.467 e. The highest BCUT2D eigenvalue weighted by molar-refractivity contribution is 6.30. The van der Waals surface area contributed by atoms with Gasteiger partial charge in [0.25, 0.3) is 5.91 Å². The van der Waals surface area contributed by atoms with Gasteiger partial charge in [0.05, 0.1) is 18.2 Å². The summed E-state index contributed by atoms with van der Waals surface area (Å²) in [5.41, 5.74) is 2.58. The molecule has 0 saturated heterocycles. The van der Waals surface area contributed by atoms with E-state index in [1.54, 1.807) is 30.7 Å². The summed E-state index contributed by atoms with van der Waals surface area (Å²) in [5, 5.41) is 10.4. The Hall–Kier alpha value is -3.38. The number of rotatable bonds is 6. The van der Waals surface area contributed by atoms with Gasteiger partial charge >= 0.3 is 0 Å². The third kappa shape index (κ3) is 4.55. The molecule has 4 rings (SSSR count). The molecule has 1 aromatic heterocycles. The monoisotopic (exact) mass is 407 g/mol. The Morgan fingerprint density at radius 3 is 2.69 bits per heavy atom. The second-order valence-corrected chi connectivity index (χ2v) is 6.88. The van der Waals surface area contributed by atoms with Crippen LogP contribution in [0.1, 0.15) is 29.3 Å². The number of oxime groups is 1. The lowest BCUT2D eigenvalue weighted by atomic mass is 10.0. The van der Waals surface area contributed by atoms with Crippen molar-refractivity contribution >= 4 is 29.4 Å². The summed E-state index contributed by atoms with van der Waals surface area (Å²) >= 11 is 5.97. The molecular weight excluding hydrogens is 390 g/mol. The van der Waals surface area contributed by atoms with Crippen LogP contribution in [0.3, 0.4) is 0 Å². The van der Waals surface area contributed by atoms with Crippen molar-refractivity contribution < 1.29 is 14.0 Å². The molecule has 0 fully saturated rings. The van der Waals surface area contributed by atoms with E-state index in [1.165, 1.54) is 5.01 Å². The van der Waals surface area contributed by atoms with Gasteiger partial charge in [-0.05, 0) is 35.4 Å². The van der Waals surface area contributed by atoms with Gasteiger partial charge in [-0.15, -0.1) is 0 Å². The highest BCUT2D eigenvalue weighted by atomic mass is 35.5. The number of carbonyl (C=O) groups is 1. The third-order valence-corrected chi connectivity index (χ3v) is 4.73. The SMILES string of the molecule is O=C(CO/N=C\c1ccccc1)N1N=C(c2ccc(Cl)cc2)C[C@@H]1c1ccco1. The van der Waals surface area contributed by atoms with E-state index in [2.05, 4.69) is 10.3 Å². The van der Waals surface area contributed by atoms with E-state index in [1.807, 2.05) is 48.5 Å². The smallest absolute Gasteiger partial charge is 0.284 e. The number of hydrogen-bond acceptors (Lipinski definition) is 5. The second kappa shape index (κ2) is 8.75. The normalized spacial score (nSPS) is 16.2. The molecule has 146 valence electrons. The van der Waals surface area contributed by atoms with Gasteiger partial charge in [0.15, 0.2) is 6.61 Å². The number of amides is 1. The largest absolute Gasteiger partial charge is 0.467 e. The van der Waals surface area contributed by atoms with Crippen LogP contribution in [0.4, 0.5) is 0 Å². The first-order valence-corrected chi connectivity index (χ1v) is 9.48. The molecule has 0 spiro atoms. The number of carbonyl (C=O) groups excluding carboxylic acids is 1. The van der Waals surface area contributed by atoms with E-state index in [0.717, 1.165) is 16.8 Å². The van der Waals surface area contributed by atoms with Crippen LogP contribution in [-0.4, -0.2) is 29.4 Å². The van der Waals surface area contributed by atoms with E-state index in [9.17, 15) is 4.79 Å². The molecule has 0 radical (unpaired) electrons. The first kappa shape index (κ1) is 19.0. The molecule has 0 aliphatic carbocycles. The Bertz CT molecular complexity index is 1020. The average Bonchev–Trinajstić information content (AvgIpc) is 3.42. The molecule has 0 saturated carbocycles. The fourth-order valence-electron chi connectivity index (χ4n) is 3.06. The summed E-state index contributed by atoms with van der Waals surface area (Å²) in [6, 6.07) is 20.2. The van der Waals surface area contributed by atoms with E-state index >= 15 is 0 Å². The van der Waals surface area contributed by atoms with Crippen LogP contribution in [0.15, 0.2) is 87.7 Å². The molecule has 6 nitrogen and oxygen atoms in total. The van der Waals surface area contributed by atoms with Crippen molar-refractivity contribution in [3.05, 3.63) is 94.9 Å². The Kier molecular flexibility index (Phi) is 5.72. The van der Waals surface area contributed by atoms with Crippen LogP contribution in [0.5, 0.6) is 0 Å². The summed E-state index contributed by atoms with van der Waals surface area (Å²) in [7, 11) is 0. The maximum Gasteiger partial charge on any atom is 0.284 e. The van der Waals surface area contributed by atoms with E-state index < -0.39 is 0 Å². The van der Waals surface area contributed by atoms with Crippen molar-refractivity contribution in [2.45, 2.75) is 12.5 Å². The van der Waals surface area contributed by atoms with Crippen molar-refractivity contribution in [2.24, 2.45) is 10.3 Å². The molecule has 1 aliphatic heterocycles. The van der Waals surface area contributed by atoms with Crippen molar-refractivity contribution in [1.82, 2.24) is 5.01 Å². The van der Waals surface area contributed by atoms with Gasteiger partial charge in [-0.3, -0.25) is 4.79 Å². The van der Waals surface area contributed by atoms with Gasteiger partial charge in [-0.2, -0.15) is 5.10 Å². The van der Waals surface area contributed by atoms with Gasteiger partial charge in [0, 0.05) is 11.4 Å². The van der Waals surface area contributed by atoms with Crippen molar-refractivity contribution in [2.75, 3.05) is 6.61 Å². The maximum absolute atomic E-state index is 12.8. The van der Waals surface area contributed by atoms with Crippen LogP contribution in [0.2, 0.25) is 5.02 Å². The number of furan rings is 1. The van der Waals surface area contributed by atoms with E-state index in [-0.39, 0.29) is 18.6 Å². The van der Waals surface area contributed by atoms with Gasteiger partial charge in [0.2, 0.25) is 0 Å². The predicted molar refractivity (Wildman–Crippen MR) is 111 cm³/mol. The molecule has 1 aliphatic rings. The van der Waals surface area contributed by atoms with E-state index in [4.69, 9.17) is 20.9 Å². The topological polar surface area (TPSA) is 67.4 Å². The Balaban J connectivity index is 1.47. The lowest BCUT2D eigenvalue weighted by Crippen LogP contribution is -2.29. The number of hydrazone groups is 1. The number of nitrogens with zero attached hydrogens (tertiary/aromatic N) is 3. The summed E-state index contributed by atoms with van der Waals surface area (Å²) in [6.07, 6.45) is 3.68.